The standard InChI is InChI=1S/C27H34Cl2F3N3O4S/c1-4-6-14-33-26(37)24(5-2)34(18-19-12-13-22(28)23(29)16-19)25(36)11-8-15-35(40(3,38)39)21-10-7-9-20(17-21)27(30,31)32/h7,9-10,12-13,16-17,24H,4-6,8,11,14-15,18H2,1-3H3,(H,33,37)/t24-/m1/s1. The number of carbonyl (C=O) groups excluding carboxylic acids is 2. The van der Waals surface area contributed by atoms with Crippen molar-refractivity contribution in [2.75, 3.05) is 23.7 Å². The Morgan fingerprint density at radius 3 is 2.30 bits per heavy atom. The molecule has 13 heteroatoms. The van der Waals surface area contributed by atoms with E-state index in [4.69, 9.17) is 23.2 Å². The van der Waals surface area contributed by atoms with Crippen molar-refractivity contribution >= 4 is 50.7 Å². The van der Waals surface area contributed by atoms with Crippen molar-refractivity contribution in [1.82, 2.24) is 10.2 Å². The Morgan fingerprint density at radius 1 is 1.02 bits per heavy atom. The zero-order chi connectivity index (χ0) is 30.1. The van der Waals surface area contributed by atoms with E-state index >= 15 is 0 Å². The number of hydrogen-bond acceptors (Lipinski definition) is 4. The Labute approximate surface area is 243 Å². The number of amides is 2. The van der Waals surface area contributed by atoms with Gasteiger partial charge in [0.25, 0.3) is 0 Å². The predicted molar refractivity (Wildman–Crippen MR) is 152 cm³/mol. The lowest BCUT2D eigenvalue weighted by atomic mass is 10.1. The maximum Gasteiger partial charge on any atom is 0.416 e. The van der Waals surface area contributed by atoms with Crippen LogP contribution in [0, 0.1) is 0 Å². The van der Waals surface area contributed by atoms with E-state index in [1.54, 1.807) is 25.1 Å². The summed E-state index contributed by atoms with van der Waals surface area (Å²) in [5, 5.41) is 3.47. The van der Waals surface area contributed by atoms with Crippen LogP contribution >= 0.6 is 23.2 Å². The van der Waals surface area contributed by atoms with Gasteiger partial charge in [-0.05, 0) is 55.2 Å². The van der Waals surface area contributed by atoms with Crippen molar-refractivity contribution in [3.8, 4) is 0 Å². The van der Waals surface area contributed by atoms with Gasteiger partial charge in [0.05, 0.1) is 27.6 Å². The van der Waals surface area contributed by atoms with Gasteiger partial charge in [0, 0.05) is 26.1 Å². The molecule has 0 heterocycles. The van der Waals surface area contributed by atoms with Crippen molar-refractivity contribution in [2.45, 2.75) is 64.7 Å². The van der Waals surface area contributed by atoms with Crippen molar-refractivity contribution in [2.24, 2.45) is 0 Å². The van der Waals surface area contributed by atoms with E-state index in [0.29, 0.717) is 23.6 Å². The highest BCUT2D eigenvalue weighted by Crippen LogP contribution is 2.32. The number of benzene rings is 2. The summed E-state index contributed by atoms with van der Waals surface area (Å²) in [7, 11) is -3.95. The number of alkyl halides is 3. The highest BCUT2D eigenvalue weighted by molar-refractivity contribution is 7.92. The summed E-state index contributed by atoms with van der Waals surface area (Å²) in [6.45, 7) is 4.05. The number of carbonyl (C=O) groups is 2. The second-order valence-electron chi connectivity index (χ2n) is 9.33. The minimum absolute atomic E-state index is 0.00785. The molecule has 0 aliphatic heterocycles. The number of unbranched alkanes of at least 4 members (excludes halogenated alkanes) is 1. The molecule has 7 nitrogen and oxygen atoms in total. The van der Waals surface area contributed by atoms with Gasteiger partial charge in [-0.25, -0.2) is 8.42 Å². The Hall–Kier alpha value is -2.50. The fourth-order valence-corrected chi connectivity index (χ4v) is 5.38. The van der Waals surface area contributed by atoms with E-state index in [1.807, 2.05) is 6.92 Å². The third-order valence-corrected chi connectivity index (χ3v) is 8.10. The zero-order valence-electron chi connectivity index (χ0n) is 22.6. The van der Waals surface area contributed by atoms with Crippen molar-refractivity contribution in [1.29, 1.82) is 0 Å². The molecule has 1 atom stereocenters. The zero-order valence-corrected chi connectivity index (χ0v) is 24.9. The molecule has 0 saturated heterocycles. The second kappa shape index (κ2) is 14.9. The lowest BCUT2D eigenvalue weighted by Gasteiger charge is -2.31. The van der Waals surface area contributed by atoms with Gasteiger partial charge < -0.3 is 10.2 Å². The molecule has 0 aromatic heterocycles. The van der Waals surface area contributed by atoms with Crippen LogP contribution < -0.4 is 9.62 Å². The molecule has 0 aliphatic carbocycles. The second-order valence-corrected chi connectivity index (χ2v) is 12.0. The molecular weight excluding hydrogens is 590 g/mol. The molecule has 0 spiro atoms. The third kappa shape index (κ3) is 9.85. The minimum atomic E-state index is -4.65. The quantitative estimate of drug-likeness (QED) is 0.251. The monoisotopic (exact) mass is 623 g/mol. The Kier molecular flexibility index (Phi) is 12.6. The van der Waals surface area contributed by atoms with Gasteiger partial charge in [-0.3, -0.25) is 13.9 Å². The Morgan fingerprint density at radius 2 is 1.73 bits per heavy atom. The molecule has 1 N–H and O–H groups in total. The first-order valence-corrected chi connectivity index (χ1v) is 15.5. The van der Waals surface area contributed by atoms with E-state index in [-0.39, 0.29) is 42.5 Å². The average Bonchev–Trinajstić information content (AvgIpc) is 2.87. The van der Waals surface area contributed by atoms with Crippen LogP contribution in [-0.2, 0) is 32.3 Å². The van der Waals surface area contributed by atoms with Crippen molar-refractivity contribution in [3.63, 3.8) is 0 Å². The molecule has 0 aliphatic rings. The third-order valence-electron chi connectivity index (χ3n) is 6.17. The molecule has 2 amide bonds. The van der Waals surface area contributed by atoms with Crippen LogP contribution in [0.2, 0.25) is 10.0 Å². The molecule has 222 valence electrons. The van der Waals surface area contributed by atoms with Crippen LogP contribution in [0.4, 0.5) is 18.9 Å². The molecule has 0 saturated carbocycles. The van der Waals surface area contributed by atoms with Gasteiger partial charge in [0.1, 0.15) is 6.04 Å². The van der Waals surface area contributed by atoms with Crippen molar-refractivity contribution in [3.05, 3.63) is 63.6 Å². The van der Waals surface area contributed by atoms with Crippen LogP contribution in [0.25, 0.3) is 0 Å². The molecule has 40 heavy (non-hydrogen) atoms. The molecule has 2 aromatic rings. The fourth-order valence-electron chi connectivity index (χ4n) is 4.10. The summed E-state index contributed by atoms with van der Waals surface area (Å²) in [6.07, 6.45) is -1.92. The number of sulfonamides is 1. The van der Waals surface area contributed by atoms with Crippen molar-refractivity contribution < 1.29 is 31.2 Å². The molecule has 0 bridgehead atoms. The number of hydrogen-bond donors (Lipinski definition) is 1. The molecule has 2 rings (SSSR count). The highest BCUT2D eigenvalue weighted by atomic mass is 35.5. The number of halogens is 5. The van der Waals surface area contributed by atoms with Crippen LogP contribution in [0.1, 0.15) is 57.1 Å². The van der Waals surface area contributed by atoms with Crippen LogP contribution in [-0.4, -0.2) is 50.5 Å². The van der Waals surface area contributed by atoms with E-state index in [2.05, 4.69) is 5.32 Å². The van der Waals surface area contributed by atoms with Gasteiger partial charge >= 0.3 is 6.18 Å². The van der Waals surface area contributed by atoms with Crippen LogP contribution in [0.15, 0.2) is 42.5 Å². The maximum absolute atomic E-state index is 13.5. The van der Waals surface area contributed by atoms with E-state index < -0.39 is 33.7 Å². The first-order valence-electron chi connectivity index (χ1n) is 12.8. The SMILES string of the molecule is CCCCNC(=O)[C@@H](CC)N(Cc1ccc(Cl)c(Cl)c1)C(=O)CCCN(c1cccc(C(F)(F)F)c1)S(C)(=O)=O. The van der Waals surface area contributed by atoms with Crippen LogP contribution in [0.5, 0.6) is 0 Å². The van der Waals surface area contributed by atoms with Gasteiger partial charge in [-0.15, -0.1) is 0 Å². The van der Waals surface area contributed by atoms with Gasteiger partial charge in [0.15, 0.2) is 0 Å². The molecule has 0 fully saturated rings. The molecule has 0 radical (unpaired) electrons. The summed E-state index contributed by atoms with van der Waals surface area (Å²) in [5.41, 5.74) is -0.495. The summed E-state index contributed by atoms with van der Waals surface area (Å²) in [4.78, 5) is 27.9. The predicted octanol–water partition coefficient (Wildman–Crippen LogP) is 6.28. The first kappa shape index (κ1) is 33.7. The lowest BCUT2D eigenvalue weighted by molar-refractivity contribution is -0.141. The van der Waals surface area contributed by atoms with E-state index in [1.165, 1.54) is 11.0 Å². The number of nitrogens with one attached hydrogen (secondary N) is 1. The minimum Gasteiger partial charge on any atom is -0.354 e. The summed E-state index contributed by atoms with van der Waals surface area (Å²) in [6, 6.07) is 8.08. The van der Waals surface area contributed by atoms with E-state index in [9.17, 15) is 31.2 Å². The summed E-state index contributed by atoms with van der Waals surface area (Å²) in [5.74, 6) is -0.729. The maximum atomic E-state index is 13.5. The number of nitrogens with zero attached hydrogens (tertiary/aromatic N) is 2. The topological polar surface area (TPSA) is 86.8 Å². The fraction of sp³-hybridized carbons (Fsp3) is 0.481. The van der Waals surface area contributed by atoms with Gasteiger partial charge in [-0.2, -0.15) is 13.2 Å². The lowest BCUT2D eigenvalue weighted by Crippen LogP contribution is -2.49. The summed E-state index contributed by atoms with van der Waals surface area (Å²) < 4.78 is 65.4. The van der Waals surface area contributed by atoms with Crippen LogP contribution in [0.3, 0.4) is 0 Å². The van der Waals surface area contributed by atoms with Gasteiger partial charge in [-0.1, -0.05) is 55.6 Å². The molecular formula is C27H34Cl2F3N3O4S. The molecule has 0 unspecified atom stereocenters. The largest absolute Gasteiger partial charge is 0.416 e. The summed E-state index contributed by atoms with van der Waals surface area (Å²) >= 11 is 12.2. The first-order chi connectivity index (χ1) is 18.7. The Balaban J connectivity index is 2.27. The van der Waals surface area contributed by atoms with Gasteiger partial charge in [0.2, 0.25) is 21.8 Å². The molecule has 2 aromatic carbocycles. The number of rotatable bonds is 14. The number of anilines is 1. The average molecular weight is 625 g/mol. The Bertz CT molecular complexity index is 1280. The highest BCUT2D eigenvalue weighted by Gasteiger charge is 2.32. The van der Waals surface area contributed by atoms with E-state index in [0.717, 1.165) is 41.6 Å². The normalized spacial score (nSPS) is 12.6. The smallest absolute Gasteiger partial charge is 0.354 e.